The molecule has 8 nitrogen and oxygen atoms in total. The van der Waals surface area contributed by atoms with Gasteiger partial charge >= 0.3 is 5.69 Å². The van der Waals surface area contributed by atoms with Crippen molar-refractivity contribution in [2.45, 2.75) is 6.54 Å². The molecule has 152 valence electrons. The standard InChI is InChI=1S/C21H19ClN6O2/c1-26-17-18(24-20(26)25-23-12-14-8-10-16(22)11-9-14)27(2)21(30)28(19(17)29)13-15-6-4-3-5-7-15/h3-12H,13H2,1-2H3,(H,24,25)/b23-12+. The molecule has 0 aliphatic carbocycles. The quantitative estimate of drug-likeness (QED) is 0.395. The molecule has 0 atom stereocenters. The van der Waals surface area contributed by atoms with Crippen molar-refractivity contribution in [2.75, 3.05) is 5.43 Å². The van der Waals surface area contributed by atoms with Crippen LogP contribution in [0.2, 0.25) is 5.02 Å². The van der Waals surface area contributed by atoms with Gasteiger partial charge in [0.05, 0.1) is 12.8 Å². The van der Waals surface area contributed by atoms with Crippen molar-refractivity contribution in [3.8, 4) is 0 Å². The van der Waals surface area contributed by atoms with Gasteiger partial charge in [0.2, 0.25) is 5.95 Å². The van der Waals surface area contributed by atoms with E-state index in [4.69, 9.17) is 11.6 Å². The highest BCUT2D eigenvalue weighted by molar-refractivity contribution is 6.30. The van der Waals surface area contributed by atoms with Crippen molar-refractivity contribution in [1.29, 1.82) is 0 Å². The molecular weight excluding hydrogens is 404 g/mol. The molecule has 2 aromatic heterocycles. The second kappa shape index (κ2) is 8.00. The first-order valence-corrected chi connectivity index (χ1v) is 9.58. The van der Waals surface area contributed by atoms with Crippen LogP contribution >= 0.6 is 11.6 Å². The van der Waals surface area contributed by atoms with Crippen LogP contribution in [0.25, 0.3) is 11.2 Å². The highest BCUT2D eigenvalue weighted by Crippen LogP contribution is 2.14. The average Bonchev–Trinajstić information content (AvgIpc) is 3.08. The lowest BCUT2D eigenvalue weighted by Crippen LogP contribution is -2.39. The van der Waals surface area contributed by atoms with Crippen molar-refractivity contribution in [1.82, 2.24) is 18.7 Å². The van der Waals surface area contributed by atoms with Crippen LogP contribution in [-0.4, -0.2) is 24.9 Å². The zero-order chi connectivity index (χ0) is 21.3. The van der Waals surface area contributed by atoms with Crippen LogP contribution in [0.3, 0.4) is 0 Å². The Bertz CT molecular complexity index is 1350. The molecule has 30 heavy (non-hydrogen) atoms. The van der Waals surface area contributed by atoms with Crippen molar-refractivity contribution in [2.24, 2.45) is 19.2 Å². The summed E-state index contributed by atoms with van der Waals surface area (Å²) in [6, 6.07) is 16.6. The Hall–Kier alpha value is -3.65. The number of aryl methyl sites for hydroxylation is 2. The predicted octanol–water partition coefficient (Wildman–Crippen LogP) is 2.58. The number of hydrogen-bond donors (Lipinski definition) is 1. The minimum atomic E-state index is -0.425. The number of hydrazone groups is 1. The second-order valence-corrected chi connectivity index (χ2v) is 7.24. The number of aromatic nitrogens is 4. The molecule has 0 amide bonds. The van der Waals surface area contributed by atoms with E-state index in [2.05, 4.69) is 15.5 Å². The van der Waals surface area contributed by atoms with Crippen LogP contribution < -0.4 is 16.7 Å². The Morgan fingerprint density at radius 2 is 1.73 bits per heavy atom. The molecule has 0 aliphatic heterocycles. The highest BCUT2D eigenvalue weighted by atomic mass is 35.5. The molecule has 9 heteroatoms. The maximum absolute atomic E-state index is 13.1. The van der Waals surface area contributed by atoms with Gasteiger partial charge in [-0.1, -0.05) is 54.1 Å². The summed E-state index contributed by atoms with van der Waals surface area (Å²) in [4.78, 5) is 30.2. The summed E-state index contributed by atoms with van der Waals surface area (Å²) in [6.07, 6.45) is 1.61. The number of anilines is 1. The molecule has 0 saturated carbocycles. The van der Waals surface area contributed by atoms with Gasteiger partial charge in [-0.05, 0) is 23.3 Å². The van der Waals surface area contributed by atoms with Crippen LogP contribution in [0.15, 0.2) is 69.3 Å². The maximum atomic E-state index is 13.1. The summed E-state index contributed by atoms with van der Waals surface area (Å²) in [5.74, 6) is 0.347. The smallest absolute Gasteiger partial charge is 0.306 e. The topological polar surface area (TPSA) is 86.2 Å². The molecule has 0 unspecified atom stereocenters. The number of benzene rings is 2. The Labute approximate surface area is 176 Å². The van der Waals surface area contributed by atoms with E-state index in [1.54, 1.807) is 37.0 Å². The zero-order valence-corrected chi connectivity index (χ0v) is 17.2. The van der Waals surface area contributed by atoms with E-state index in [0.717, 1.165) is 11.1 Å². The number of rotatable bonds is 5. The maximum Gasteiger partial charge on any atom is 0.332 e. The second-order valence-electron chi connectivity index (χ2n) is 6.81. The average molecular weight is 423 g/mol. The van der Waals surface area contributed by atoms with E-state index in [1.807, 2.05) is 42.5 Å². The Balaban J connectivity index is 1.72. The van der Waals surface area contributed by atoms with Gasteiger partial charge in [0.15, 0.2) is 11.2 Å². The molecule has 2 aromatic carbocycles. The van der Waals surface area contributed by atoms with Crippen molar-refractivity contribution >= 4 is 34.9 Å². The fourth-order valence-electron chi connectivity index (χ4n) is 3.16. The van der Waals surface area contributed by atoms with Crippen LogP contribution in [0.5, 0.6) is 0 Å². The lowest BCUT2D eigenvalue weighted by molar-refractivity contribution is 0.655. The number of hydrogen-bond acceptors (Lipinski definition) is 5. The highest BCUT2D eigenvalue weighted by Gasteiger charge is 2.18. The number of fused-ring (bicyclic) bond motifs is 1. The number of imidazole rings is 1. The van der Waals surface area contributed by atoms with Gasteiger partial charge in [-0.25, -0.2) is 10.2 Å². The van der Waals surface area contributed by atoms with E-state index >= 15 is 0 Å². The zero-order valence-electron chi connectivity index (χ0n) is 16.4. The largest absolute Gasteiger partial charge is 0.332 e. The lowest BCUT2D eigenvalue weighted by Gasteiger charge is -2.08. The van der Waals surface area contributed by atoms with Crippen molar-refractivity contribution in [3.63, 3.8) is 0 Å². The molecule has 0 spiro atoms. The van der Waals surface area contributed by atoms with Gasteiger partial charge in [0, 0.05) is 19.1 Å². The third-order valence-electron chi connectivity index (χ3n) is 4.79. The van der Waals surface area contributed by atoms with Crippen molar-refractivity contribution in [3.05, 3.63) is 91.6 Å². The molecular formula is C21H19ClN6O2. The fraction of sp³-hybridized carbons (Fsp3) is 0.143. The molecule has 0 saturated heterocycles. The number of halogens is 1. The summed E-state index contributed by atoms with van der Waals surface area (Å²) in [5.41, 5.74) is 4.33. The van der Waals surface area contributed by atoms with Gasteiger partial charge in [-0.15, -0.1) is 0 Å². The number of nitrogens with zero attached hydrogens (tertiary/aromatic N) is 5. The molecule has 0 aliphatic rings. The van der Waals surface area contributed by atoms with Crippen LogP contribution in [0, 0.1) is 0 Å². The normalized spacial score (nSPS) is 11.4. The van der Waals surface area contributed by atoms with Gasteiger partial charge in [0.25, 0.3) is 5.56 Å². The third-order valence-corrected chi connectivity index (χ3v) is 5.04. The molecule has 4 aromatic rings. The Morgan fingerprint density at radius 3 is 2.43 bits per heavy atom. The number of nitrogens with one attached hydrogen (secondary N) is 1. The Kier molecular flexibility index (Phi) is 5.24. The van der Waals surface area contributed by atoms with E-state index in [9.17, 15) is 9.59 Å². The minimum absolute atomic E-state index is 0.185. The molecule has 0 radical (unpaired) electrons. The summed E-state index contributed by atoms with van der Waals surface area (Å²) in [6.45, 7) is 0.185. The predicted molar refractivity (Wildman–Crippen MR) is 118 cm³/mol. The first-order chi connectivity index (χ1) is 14.5. The Morgan fingerprint density at radius 1 is 1.03 bits per heavy atom. The SMILES string of the molecule is Cn1c(N/N=C/c2ccc(Cl)cc2)nc2c1c(=O)n(Cc1ccccc1)c(=O)n2C. The summed E-state index contributed by atoms with van der Waals surface area (Å²) in [7, 11) is 3.30. The van der Waals surface area contributed by atoms with E-state index in [1.165, 1.54) is 9.13 Å². The van der Waals surface area contributed by atoms with E-state index in [0.29, 0.717) is 22.1 Å². The van der Waals surface area contributed by atoms with Gasteiger partial charge in [-0.3, -0.25) is 13.9 Å². The van der Waals surface area contributed by atoms with E-state index < -0.39 is 11.2 Å². The molecule has 2 heterocycles. The molecule has 0 fully saturated rings. The van der Waals surface area contributed by atoms with Gasteiger partial charge in [-0.2, -0.15) is 10.1 Å². The monoisotopic (exact) mass is 422 g/mol. The first kappa shape index (κ1) is 19.7. The minimum Gasteiger partial charge on any atom is -0.306 e. The summed E-state index contributed by atoms with van der Waals surface area (Å²) < 4.78 is 4.17. The van der Waals surface area contributed by atoms with Crippen LogP contribution in [0.4, 0.5) is 5.95 Å². The first-order valence-electron chi connectivity index (χ1n) is 9.20. The molecule has 0 bridgehead atoms. The fourth-order valence-corrected chi connectivity index (χ4v) is 3.29. The van der Waals surface area contributed by atoms with Crippen LogP contribution in [-0.2, 0) is 20.6 Å². The lowest BCUT2D eigenvalue weighted by atomic mass is 10.2. The summed E-state index contributed by atoms with van der Waals surface area (Å²) >= 11 is 5.88. The van der Waals surface area contributed by atoms with Crippen LogP contribution in [0.1, 0.15) is 11.1 Å². The molecule has 1 N–H and O–H groups in total. The van der Waals surface area contributed by atoms with E-state index in [-0.39, 0.29) is 6.54 Å². The molecule has 4 rings (SSSR count). The third kappa shape index (κ3) is 3.65. The van der Waals surface area contributed by atoms with Gasteiger partial charge < -0.3 is 4.57 Å². The van der Waals surface area contributed by atoms with Crippen molar-refractivity contribution < 1.29 is 0 Å². The van der Waals surface area contributed by atoms with Gasteiger partial charge in [0.1, 0.15) is 0 Å². The summed E-state index contributed by atoms with van der Waals surface area (Å²) in [5, 5.41) is 4.81.